The summed E-state index contributed by atoms with van der Waals surface area (Å²) in [5, 5.41) is 21.8. The minimum absolute atomic E-state index is 0.515. The van der Waals surface area contributed by atoms with Crippen LogP contribution in [0.25, 0.3) is 0 Å². The highest BCUT2D eigenvalue weighted by Crippen LogP contribution is 2.46. The van der Waals surface area contributed by atoms with Crippen LogP contribution in [-0.2, 0) is 34.9 Å². The van der Waals surface area contributed by atoms with E-state index in [0.29, 0.717) is 17.0 Å². The number of benzene rings is 2. The van der Waals surface area contributed by atoms with Crippen LogP contribution in [0.4, 0.5) is 0 Å². The first-order valence-corrected chi connectivity index (χ1v) is 11.9. The van der Waals surface area contributed by atoms with Gasteiger partial charge in [0.25, 0.3) is 0 Å². The molecular weight excluding hydrogens is 492 g/mol. The number of hydrogen-bond donors (Lipinski definition) is 2. The molecule has 36 heavy (non-hydrogen) atoms. The third kappa shape index (κ3) is 4.72. The van der Waals surface area contributed by atoms with Crippen molar-refractivity contribution in [3.63, 3.8) is 0 Å². The molecule has 0 bridgehead atoms. The zero-order valence-electron chi connectivity index (χ0n) is 20.8. The molecular formula is C26H31ClO9. The van der Waals surface area contributed by atoms with Crippen LogP contribution in [0.15, 0.2) is 42.5 Å². The Morgan fingerprint density at radius 2 is 1.61 bits per heavy atom. The molecule has 0 amide bonds. The average Bonchev–Trinajstić information content (AvgIpc) is 2.87. The number of aliphatic hydroxyl groups is 1. The Labute approximate surface area is 214 Å². The number of carboxylic acids is 1. The molecule has 196 valence electrons. The lowest BCUT2D eigenvalue weighted by Crippen LogP contribution is -2.72. The number of rotatable bonds is 7. The van der Waals surface area contributed by atoms with Gasteiger partial charge in [0.1, 0.15) is 30.2 Å². The number of fused-ring (bicyclic) bond motifs is 1. The minimum atomic E-state index is -1.45. The summed E-state index contributed by atoms with van der Waals surface area (Å²) in [6.45, 7) is 3.18. The number of hydrogen-bond acceptors (Lipinski definition) is 8. The van der Waals surface area contributed by atoms with Crippen LogP contribution in [0.2, 0.25) is 5.02 Å². The highest BCUT2D eigenvalue weighted by Gasteiger charge is 2.63. The molecule has 2 heterocycles. The second-order valence-electron chi connectivity index (χ2n) is 9.15. The summed E-state index contributed by atoms with van der Waals surface area (Å²) in [4.78, 5) is 12.2. The average molecular weight is 523 g/mol. The van der Waals surface area contributed by atoms with Gasteiger partial charge in [-0.05, 0) is 55.2 Å². The van der Waals surface area contributed by atoms with E-state index in [-0.39, 0.29) is 0 Å². The first-order valence-electron chi connectivity index (χ1n) is 11.5. The largest absolute Gasteiger partial charge is 0.497 e. The maximum absolute atomic E-state index is 12.2. The van der Waals surface area contributed by atoms with Gasteiger partial charge in [-0.1, -0.05) is 35.9 Å². The zero-order valence-corrected chi connectivity index (χ0v) is 21.5. The first kappa shape index (κ1) is 26.8. The number of carboxylic acid groups (broad SMARTS) is 1. The van der Waals surface area contributed by atoms with E-state index in [1.165, 1.54) is 14.2 Å². The van der Waals surface area contributed by atoms with Gasteiger partial charge >= 0.3 is 5.97 Å². The van der Waals surface area contributed by atoms with Crippen LogP contribution in [0.1, 0.15) is 36.6 Å². The summed E-state index contributed by atoms with van der Waals surface area (Å²) >= 11 is 6.48. The van der Waals surface area contributed by atoms with Crippen LogP contribution < -0.4 is 4.74 Å². The maximum Gasteiger partial charge on any atom is 0.335 e. The summed E-state index contributed by atoms with van der Waals surface area (Å²) in [7, 11) is 4.42. The van der Waals surface area contributed by atoms with Gasteiger partial charge < -0.3 is 38.6 Å². The van der Waals surface area contributed by atoms with Crippen molar-refractivity contribution in [1.82, 2.24) is 0 Å². The van der Waals surface area contributed by atoms with Crippen LogP contribution in [0.3, 0.4) is 0 Å². The van der Waals surface area contributed by atoms with Gasteiger partial charge in [0.15, 0.2) is 6.10 Å². The van der Waals surface area contributed by atoms with Crippen molar-refractivity contribution in [2.45, 2.75) is 62.4 Å². The molecule has 2 aliphatic rings. The molecule has 4 rings (SSSR count). The Bertz CT molecular complexity index is 1090. The maximum atomic E-state index is 12.2. The fraction of sp³-hybridized carbons (Fsp3) is 0.500. The van der Waals surface area contributed by atoms with Gasteiger partial charge in [0, 0.05) is 19.2 Å². The summed E-state index contributed by atoms with van der Waals surface area (Å²) < 4.78 is 34.3. The highest BCUT2D eigenvalue weighted by atomic mass is 35.5. The Morgan fingerprint density at radius 3 is 2.17 bits per heavy atom. The van der Waals surface area contributed by atoms with E-state index in [4.69, 9.17) is 40.0 Å². The highest BCUT2D eigenvalue weighted by molar-refractivity contribution is 6.31. The molecule has 10 heteroatoms. The van der Waals surface area contributed by atoms with Crippen molar-refractivity contribution >= 4 is 17.6 Å². The zero-order chi connectivity index (χ0) is 26.3. The minimum Gasteiger partial charge on any atom is -0.497 e. The van der Waals surface area contributed by atoms with Gasteiger partial charge in [-0.25, -0.2) is 4.79 Å². The van der Waals surface area contributed by atoms with Gasteiger partial charge in [0.05, 0.1) is 7.11 Å². The number of ether oxygens (including phenoxy) is 6. The predicted molar refractivity (Wildman–Crippen MR) is 129 cm³/mol. The van der Waals surface area contributed by atoms with Crippen LogP contribution in [0, 0.1) is 0 Å². The van der Waals surface area contributed by atoms with E-state index in [0.717, 1.165) is 16.9 Å². The van der Waals surface area contributed by atoms with E-state index in [1.807, 2.05) is 24.3 Å². The molecule has 2 aromatic carbocycles. The molecule has 0 saturated carbocycles. The molecule has 7 unspecified atom stereocenters. The number of methoxy groups -OCH3 is 3. The second kappa shape index (κ2) is 10.3. The molecule has 2 fully saturated rings. The lowest BCUT2D eigenvalue weighted by atomic mass is 9.87. The van der Waals surface area contributed by atoms with Crippen molar-refractivity contribution in [2.75, 3.05) is 21.3 Å². The standard InChI is InChI=1S/C26H31ClO9/c1-25(32-4)26(2,33-5)36-22-21(35-25)19(28)20(34-23(22)24(29)30)15-8-11-18(27)16(13-15)12-14-6-9-17(31-3)10-7-14/h6-11,13,19-23,28H,12H2,1-5H3,(H,29,30). The first-order chi connectivity index (χ1) is 17.1. The molecule has 2 saturated heterocycles. The van der Waals surface area contributed by atoms with E-state index >= 15 is 0 Å². The third-order valence-corrected chi connectivity index (χ3v) is 7.45. The summed E-state index contributed by atoms with van der Waals surface area (Å²) in [6, 6.07) is 12.8. The smallest absolute Gasteiger partial charge is 0.335 e. The number of aliphatic hydroxyl groups excluding tert-OH is 1. The van der Waals surface area contributed by atoms with E-state index in [9.17, 15) is 15.0 Å². The Balaban J connectivity index is 1.66. The number of aliphatic carboxylic acids is 1. The molecule has 7 atom stereocenters. The lowest BCUT2D eigenvalue weighted by molar-refractivity contribution is -0.470. The fourth-order valence-electron chi connectivity index (χ4n) is 4.67. The molecule has 2 N–H and O–H groups in total. The molecule has 0 spiro atoms. The molecule has 0 aliphatic carbocycles. The summed E-state index contributed by atoms with van der Waals surface area (Å²) in [5.74, 6) is -3.38. The van der Waals surface area contributed by atoms with Crippen molar-refractivity contribution < 1.29 is 43.4 Å². The van der Waals surface area contributed by atoms with E-state index in [2.05, 4.69) is 0 Å². The predicted octanol–water partition coefficient (Wildman–Crippen LogP) is 3.33. The van der Waals surface area contributed by atoms with E-state index < -0.39 is 48.1 Å². The lowest BCUT2D eigenvalue weighted by Gasteiger charge is -2.56. The molecule has 0 aromatic heterocycles. The van der Waals surface area contributed by atoms with Gasteiger partial charge in [-0.2, -0.15) is 0 Å². The summed E-state index contributed by atoms with van der Waals surface area (Å²) in [6.07, 6.45) is -5.42. The SMILES string of the molecule is COc1ccc(Cc2cc(C3OC(C(=O)O)C4OC(C)(OC)C(C)(OC)OC4C3O)ccc2Cl)cc1. The molecule has 0 radical (unpaired) electrons. The van der Waals surface area contributed by atoms with Crippen molar-refractivity contribution in [1.29, 1.82) is 0 Å². The normalized spacial score (nSPS) is 34.1. The number of halogens is 1. The Hall–Kier alpha value is -2.24. The van der Waals surface area contributed by atoms with Crippen LogP contribution in [0.5, 0.6) is 5.75 Å². The van der Waals surface area contributed by atoms with Crippen molar-refractivity contribution in [3.05, 3.63) is 64.2 Å². The molecule has 9 nitrogen and oxygen atoms in total. The van der Waals surface area contributed by atoms with Crippen LogP contribution in [-0.4, -0.2) is 73.5 Å². The van der Waals surface area contributed by atoms with E-state index in [1.54, 1.807) is 39.2 Å². The monoisotopic (exact) mass is 522 g/mol. The fourth-order valence-corrected chi connectivity index (χ4v) is 4.85. The van der Waals surface area contributed by atoms with Crippen molar-refractivity contribution in [3.8, 4) is 5.75 Å². The van der Waals surface area contributed by atoms with Crippen molar-refractivity contribution in [2.24, 2.45) is 0 Å². The van der Waals surface area contributed by atoms with Crippen LogP contribution >= 0.6 is 11.6 Å². The third-order valence-electron chi connectivity index (χ3n) is 7.08. The van der Waals surface area contributed by atoms with Gasteiger partial charge in [0.2, 0.25) is 11.6 Å². The van der Waals surface area contributed by atoms with Gasteiger partial charge in [-0.3, -0.25) is 0 Å². The summed E-state index contributed by atoms with van der Waals surface area (Å²) in [5.41, 5.74) is 2.35. The van der Waals surface area contributed by atoms with Gasteiger partial charge in [-0.15, -0.1) is 0 Å². The number of carbonyl (C=O) groups is 1. The second-order valence-corrected chi connectivity index (χ2v) is 9.55. The molecule has 2 aromatic rings. The molecule has 2 aliphatic heterocycles. The topological polar surface area (TPSA) is 113 Å². The Kier molecular flexibility index (Phi) is 7.64. The Morgan fingerprint density at radius 1 is 1.00 bits per heavy atom. The quantitative estimate of drug-likeness (QED) is 0.565.